The Kier molecular flexibility index (Phi) is 4.95. The minimum absolute atomic E-state index is 0.116. The lowest BCUT2D eigenvalue weighted by molar-refractivity contribution is 0.685. The summed E-state index contributed by atoms with van der Waals surface area (Å²) in [6.07, 6.45) is 12.7. The van der Waals surface area contributed by atoms with E-state index in [0.29, 0.717) is 11.4 Å². The number of fused-ring (bicyclic) bond motifs is 2. The first-order valence-electron chi connectivity index (χ1n) is 11.5. The van der Waals surface area contributed by atoms with Gasteiger partial charge in [-0.25, -0.2) is 15.0 Å². The Labute approximate surface area is 197 Å². The summed E-state index contributed by atoms with van der Waals surface area (Å²) in [6, 6.07) is 10.9. The average Bonchev–Trinajstić information content (AvgIpc) is 3.52. The van der Waals surface area contributed by atoms with E-state index in [0.717, 1.165) is 28.0 Å². The molecule has 34 heavy (non-hydrogen) atoms. The monoisotopic (exact) mass is 447 g/mol. The summed E-state index contributed by atoms with van der Waals surface area (Å²) in [7, 11) is 0. The maximum atomic E-state index is 4.81. The van der Waals surface area contributed by atoms with E-state index in [-0.39, 0.29) is 6.04 Å². The molecule has 0 radical (unpaired) electrons. The summed E-state index contributed by atoms with van der Waals surface area (Å²) in [5.41, 5.74) is 11.1. The summed E-state index contributed by atoms with van der Waals surface area (Å²) in [5.74, 6) is 0. The molecule has 1 unspecified atom stereocenters. The fourth-order valence-electron chi connectivity index (χ4n) is 4.82. The van der Waals surface area contributed by atoms with Crippen LogP contribution in [0.1, 0.15) is 41.8 Å². The highest BCUT2D eigenvalue weighted by Gasteiger charge is 2.22. The molecule has 1 aliphatic heterocycles. The summed E-state index contributed by atoms with van der Waals surface area (Å²) in [6.45, 7) is 6.43. The smallest absolute Gasteiger partial charge is 0.134 e. The zero-order valence-electron chi connectivity index (χ0n) is 19.0. The van der Waals surface area contributed by atoms with Crippen LogP contribution < -0.4 is 10.6 Å². The molecule has 168 valence electrons. The van der Waals surface area contributed by atoms with Crippen LogP contribution in [0.25, 0.3) is 28.0 Å². The van der Waals surface area contributed by atoms with E-state index in [9.17, 15) is 0 Å². The summed E-state index contributed by atoms with van der Waals surface area (Å²) in [5, 5.41) is 14.6. The van der Waals surface area contributed by atoms with E-state index in [1.54, 1.807) is 12.4 Å². The third-order valence-corrected chi connectivity index (χ3v) is 6.66. The van der Waals surface area contributed by atoms with Gasteiger partial charge >= 0.3 is 0 Å². The van der Waals surface area contributed by atoms with Gasteiger partial charge in [-0.1, -0.05) is 24.8 Å². The van der Waals surface area contributed by atoms with Gasteiger partial charge in [0, 0.05) is 23.7 Å². The number of aromatic amines is 1. The van der Waals surface area contributed by atoms with Gasteiger partial charge in [-0.15, -0.1) is 0 Å². The maximum absolute atomic E-state index is 4.81. The number of aryl methyl sites for hydroxylation is 2. The van der Waals surface area contributed by atoms with Crippen LogP contribution in [0, 0.1) is 0 Å². The average molecular weight is 448 g/mol. The molecule has 1 aliphatic carbocycles. The van der Waals surface area contributed by atoms with E-state index >= 15 is 0 Å². The standard InChI is InChI=1S/C27H25N7/c1-16-22(10-11-30-25(16)20-7-6-18-4-3-5-19(18)12-20)31-17(2)26-27-24(33-34-26)9-8-23(32-27)21-13-28-15-29-14-21/h6-15,25,30-31H,2-5H2,1H3,(H,33,34). The van der Waals surface area contributed by atoms with Gasteiger partial charge in [-0.05, 0) is 72.9 Å². The first-order chi connectivity index (χ1) is 16.7. The van der Waals surface area contributed by atoms with Crippen molar-refractivity contribution in [3.05, 3.63) is 102 Å². The van der Waals surface area contributed by atoms with Crippen LogP contribution >= 0.6 is 0 Å². The maximum Gasteiger partial charge on any atom is 0.134 e. The number of nitrogens with one attached hydrogen (secondary N) is 3. The fraction of sp³-hybridized carbons (Fsp3) is 0.185. The number of pyridine rings is 1. The summed E-state index contributed by atoms with van der Waals surface area (Å²) >= 11 is 0. The molecule has 0 amide bonds. The van der Waals surface area contributed by atoms with E-state index in [4.69, 9.17) is 4.98 Å². The third-order valence-electron chi connectivity index (χ3n) is 6.66. The lowest BCUT2D eigenvalue weighted by Crippen LogP contribution is -2.25. The highest BCUT2D eigenvalue weighted by atomic mass is 15.1. The lowest BCUT2D eigenvalue weighted by atomic mass is 9.93. The molecule has 3 aromatic heterocycles. The SMILES string of the molecule is C=C(NC1=C(C)C(c2ccc3c(c2)CCC3)NC=C1)c1n[nH]c2ccc(-c3cncnc3)nc12. The topological polar surface area (TPSA) is 91.4 Å². The Hall–Kier alpha value is -4.26. The van der Waals surface area contributed by atoms with Crippen molar-refractivity contribution < 1.29 is 0 Å². The number of benzene rings is 1. The van der Waals surface area contributed by atoms with Crippen LogP contribution in [0.15, 0.2) is 79.2 Å². The lowest BCUT2D eigenvalue weighted by Gasteiger charge is -2.26. The van der Waals surface area contributed by atoms with Crippen molar-refractivity contribution >= 4 is 16.7 Å². The van der Waals surface area contributed by atoms with Crippen molar-refractivity contribution in [1.82, 2.24) is 35.8 Å². The van der Waals surface area contributed by atoms with Gasteiger partial charge in [0.05, 0.1) is 22.9 Å². The third kappa shape index (κ3) is 3.55. The van der Waals surface area contributed by atoms with Crippen LogP contribution in [0.3, 0.4) is 0 Å². The van der Waals surface area contributed by atoms with Gasteiger partial charge in [0.25, 0.3) is 0 Å². The minimum Gasteiger partial charge on any atom is -0.380 e. The first kappa shape index (κ1) is 20.4. The number of nitrogens with zero attached hydrogens (tertiary/aromatic N) is 4. The van der Waals surface area contributed by atoms with Crippen molar-refractivity contribution in [2.75, 3.05) is 0 Å². The van der Waals surface area contributed by atoms with E-state index < -0.39 is 0 Å². The van der Waals surface area contributed by atoms with E-state index in [2.05, 4.69) is 62.5 Å². The zero-order valence-corrected chi connectivity index (χ0v) is 19.0. The fourth-order valence-corrected chi connectivity index (χ4v) is 4.82. The van der Waals surface area contributed by atoms with Crippen molar-refractivity contribution in [1.29, 1.82) is 0 Å². The molecule has 4 heterocycles. The molecule has 4 aromatic rings. The van der Waals surface area contributed by atoms with Gasteiger partial charge < -0.3 is 10.6 Å². The molecular weight excluding hydrogens is 422 g/mol. The van der Waals surface area contributed by atoms with Crippen molar-refractivity contribution in [3.63, 3.8) is 0 Å². The Bertz CT molecular complexity index is 1460. The van der Waals surface area contributed by atoms with Gasteiger partial charge in [-0.3, -0.25) is 5.10 Å². The van der Waals surface area contributed by atoms with Gasteiger partial charge in [0.1, 0.15) is 17.5 Å². The number of hydrogen-bond acceptors (Lipinski definition) is 6. The molecule has 0 saturated heterocycles. The molecule has 7 heteroatoms. The highest BCUT2D eigenvalue weighted by Crippen LogP contribution is 2.32. The molecule has 1 atom stereocenters. The van der Waals surface area contributed by atoms with Crippen LogP contribution in [-0.2, 0) is 12.8 Å². The number of aromatic nitrogens is 5. The van der Waals surface area contributed by atoms with Gasteiger partial charge in [0.15, 0.2) is 0 Å². The Morgan fingerprint density at radius 1 is 1.09 bits per heavy atom. The summed E-state index contributed by atoms with van der Waals surface area (Å²) in [4.78, 5) is 13.0. The predicted octanol–water partition coefficient (Wildman–Crippen LogP) is 4.60. The quantitative estimate of drug-likeness (QED) is 0.414. The molecule has 0 fully saturated rings. The Morgan fingerprint density at radius 3 is 2.82 bits per heavy atom. The second kappa shape index (κ2) is 8.26. The van der Waals surface area contributed by atoms with Crippen molar-refractivity contribution in [3.8, 4) is 11.3 Å². The number of allylic oxidation sites excluding steroid dienone is 1. The minimum atomic E-state index is 0.116. The molecule has 0 spiro atoms. The van der Waals surface area contributed by atoms with Gasteiger partial charge in [0.2, 0.25) is 0 Å². The molecule has 6 rings (SSSR count). The molecule has 3 N–H and O–H groups in total. The molecule has 0 bridgehead atoms. The van der Waals surface area contributed by atoms with Crippen LogP contribution in [0.5, 0.6) is 0 Å². The molecule has 0 saturated carbocycles. The zero-order chi connectivity index (χ0) is 23.1. The Balaban J connectivity index is 1.29. The second-order valence-electron chi connectivity index (χ2n) is 8.81. The molecule has 2 aliphatic rings. The second-order valence-corrected chi connectivity index (χ2v) is 8.81. The number of hydrogen-bond donors (Lipinski definition) is 3. The molecule has 1 aromatic carbocycles. The number of rotatable bonds is 5. The van der Waals surface area contributed by atoms with Crippen molar-refractivity contribution in [2.24, 2.45) is 0 Å². The van der Waals surface area contributed by atoms with Crippen LogP contribution in [-0.4, -0.2) is 25.1 Å². The first-order valence-corrected chi connectivity index (χ1v) is 11.5. The van der Waals surface area contributed by atoms with Crippen molar-refractivity contribution in [2.45, 2.75) is 32.2 Å². The van der Waals surface area contributed by atoms with Crippen LogP contribution in [0.2, 0.25) is 0 Å². The van der Waals surface area contributed by atoms with Gasteiger partial charge in [-0.2, -0.15) is 5.10 Å². The van der Waals surface area contributed by atoms with Crippen LogP contribution in [0.4, 0.5) is 0 Å². The normalized spacial score (nSPS) is 17.0. The molecule has 7 nitrogen and oxygen atoms in total. The highest BCUT2D eigenvalue weighted by molar-refractivity contribution is 5.88. The molecular formula is C27H25N7. The Morgan fingerprint density at radius 2 is 1.94 bits per heavy atom. The van der Waals surface area contributed by atoms with E-state index in [1.165, 1.54) is 47.9 Å². The number of dihydropyridines is 1. The van der Waals surface area contributed by atoms with E-state index in [1.807, 2.05) is 24.4 Å². The largest absolute Gasteiger partial charge is 0.380 e. The summed E-state index contributed by atoms with van der Waals surface area (Å²) < 4.78 is 0. The predicted molar refractivity (Wildman–Crippen MR) is 133 cm³/mol. The number of H-pyrrole nitrogens is 1.